The number of urea groups is 1. The highest BCUT2D eigenvalue weighted by molar-refractivity contribution is 6.07. The zero-order valence-electron chi connectivity index (χ0n) is 12.5. The molecular formula is C15H20N2O3. The van der Waals surface area contributed by atoms with Gasteiger partial charge in [-0.3, -0.25) is 10.1 Å². The minimum Gasteiger partial charge on any atom is -0.496 e. The van der Waals surface area contributed by atoms with Gasteiger partial charge in [0.2, 0.25) is 0 Å². The molecule has 1 aliphatic heterocycles. The molecule has 0 bridgehead atoms. The number of aryl methyl sites for hydroxylation is 1. The highest BCUT2D eigenvalue weighted by Crippen LogP contribution is 2.35. The molecule has 1 saturated heterocycles. The second-order valence-corrected chi connectivity index (χ2v) is 5.60. The summed E-state index contributed by atoms with van der Waals surface area (Å²) in [6, 6.07) is 3.40. The Balaban J connectivity index is 2.60. The Bertz CT molecular complexity index is 581. The fourth-order valence-corrected chi connectivity index (χ4v) is 2.60. The third-order valence-corrected chi connectivity index (χ3v) is 3.78. The van der Waals surface area contributed by atoms with Crippen molar-refractivity contribution in [3.05, 3.63) is 28.8 Å². The molecule has 1 atom stereocenters. The Morgan fingerprint density at radius 2 is 1.90 bits per heavy atom. The lowest BCUT2D eigenvalue weighted by Crippen LogP contribution is -2.41. The van der Waals surface area contributed by atoms with Gasteiger partial charge in [0.1, 0.15) is 11.3 Å². The van der Waals surface area contributed by atoms with E-state index in [0.29, 0.717) is 0 Å². The molecular weight excluding hydrogens is 256 g/mol. The summed E-state index contributed by atoms with van der Waals surface area (Å²) in [6.07, 6.45) is 0. The predicted molar refractivity (Wildman–Crippen MR) is 75.8 cm³/mol. The van der Waals surface area contributed by atoms with Crippen LogP contribution in [0.2, 0.25) is 0 Å². The van der Waals surface area contributed by atoms with Gasteiger partial charge >= 0.3 is 6.03 Å². The van der Waals surface area contributed by atoms with Crippen molar-refractivity contribution < 1.29 is 14.3 Å². The van der Waals surface area contributed by atoms with Gasteiger partial charge in [-0.25, -0.2) is 4.79 Å². The number of hydrogen-bond donors (Lipinski definition) is 2. The molecule has 3 amide bonds. The van der Waals surface area contributed by atoms with Gasteiger partial charge in [-0.2, -0.15) is 0 Å². The number of amides is 3. The van der Waals surface area contributed by atoms with E-state index >= 15 is 0 Å². The number of benzene rings is 1. The van der Waals surface area contributed by atoms with Crippen molar-refractivity contribution in [2.75, 3.05) is 7.11 Å². The number of carbonyl (C=O) groups excluding carboxylic acids is 2. The minimum absolute atomic E-state index is 0.257. The van der Waals surface area contributed by atoms with E-state index in [1.807, 2.05) is 19.1 Å². The Hall–Kier alpha value is -2.04. The van der Waals surface area contributed by atoms with Crippen LogP contribution in [0.1, 0.15) is 43.4 Å². The molecule has 1 aliphatic rings. The van der Waals surface area contributed by atoms with Crippen molar-refractivity contribution in [1.29, 1.82) is 0 Å². The molecule has 1 fully saturated rings. The average Bonchev–Trinajstić information content (AvgIpc) is 2.62. The Morgan fingerprint density at radius 3 is 2.35 bits per heavy atom. The van der Waals surface area contributed by atoms with Crippen LogP contribution in [0.4, 0.5) is 4.79 Å². The Labute approximate surface area is 118 Å². The molecule has 0 aromatic heterocycles. The van der Waals surface area contributed by atoms with Gasteiger partial charge in [0.15, 0.2) is 0 Å². The van der Waals surface area contributed by atoms with Crippen molar-refractivity contribution in [2.45, 2.75) is 39.2 Å². The summed E-state index contributed by atoms with van der Waals surface area (Å²) in [4.78, 5) is 23.5. The van der Waals surface area contributed by atoms with E-state index in [0.717, 1.165) is 22.4 Å². The second kappa shape index (κ2) is 4.81. The number of hydrogen-bond acceptors (Lipinski definition) is 3. The van der Waals surface area contributed by atoms with Gasteiger partial charge in [0.25, 0.3) is 5.91 Å². The number of methoxy groups -OCH3 is 1. The van der Waals surface area contributed by atoms with Crippen molar-refractivity contribution in [1.82, 2.24) is 10.6 Å². The van der Waals surface area contributed by atoms with Crippen molar-refractivity contribution in [2.24, 2.45) is 0 Å². The van der Waals surface area contributed by atoms with Crippen molar-refractivity contribution in [3.63, 3.8) is 0 Å². The highest BCUT2D eigenvalue weighted by atomic mass is 16.5. The summed E-state index contributed by atoms with van der Waals surface area (Å²) in [6.45, 7) is 7.75. The number of ether oxygens (including phenoxy) is 1. The smallest absolute Gasteiger partial charge is 0.322 e. The zero-order chi connectivity index (χ0) is 15.1. The first kappa shape index (κ1) is 14.4. The fraction of sp³-hybridized carbons (Fsp3) is 0.467. The fourth-order valence-electron chi connectivity index (χ4n) is 2.60. The lowest BCUT2D eigenvalue weighted by Gasteiger charge is -2.25. The SMILES string of the molecule is COc1cc(C)c(C2(C)NC(=O)NC2=O)cc1C(C)C. The summed E-state index contributed by atoms with van der Waals surface area (Å²) in [5, 5.41) is 4.99. The third kappa shape index (κ3) is 2.13. The van der Waals surface area contributed by atoms with Gasteiger partial charge in [-0.15, -0.1) is 0 Å². The van der Waals surface area contributed by atoms with Crippen LogP contribution in [0.15, 0.2) is 12.1 Å². The second-order valence-electron chi connectivity index (χ2n) is 5.60. The minimum atomic E-state index is -1.03. The van der Waals surface area contributed by atoms with Crippen LogP contribution in [0.3, 0.4) is 0 Å². The van der Waals surface area contributed by atoms with E-state index in [1.54, 1.807) is 14.0 Å². The van der Waals surface area contributed by atoms with E-state index in [4.69, 9.17) is 4.74 Å². The summed E-state index contributed by atoms with van der Waals surface area (Å²) < 4.78 is 5.40. The Morgan fingerprint density at radius 1 is 1.25 bits per heavy atom. The first-order chi connectivity index (χ1) is 9.29. The number of nitrogens with one attached hydrogen (secondary N) is 2. The third-order valence-electron chi connectivity index (χ3n) is 3.78. The van der Waals surface area contributed by atoms with Crippen LogP contribution in [-0.4, -0.2) is 19.0 Å². The zero-order valence-corrected chi connectivity index (χ0v) is 12.5. The highest BCUT2D eigenvalue weighted by Gasteiger charge is 2.44. The monoisotopic (exact) mass is 276 g/mol. The van der Waals surface area contributed by atoms with E-state index in [-0.39, 0.29) is 11.8 Å². The number of rotatable bonds is 3. The molecule has 1 heterocycles. The van der Waals surface area contributed by atoms with Crippen LogP contribution < -0.4 is 15.4 Å². The predicted octanol–water partition coefficient (Wildman–Crippen LogP) is 2.18. The van der Waals surface area contributed by atoms with Crippen LogP contribution in [0.25, 0.3) is 0 Å². The lowest BCUT2D eigenvalue weighted by molar-refractivity contribution is -0.123. The molecule has 0 aliphatic carbocycles. The topological polar surface area (TPSA) is 67.4 Å². The Kier molecular flexibility index (Phi) is 3.46. The van der Waals surface area contributed by atoms with E-state index in [2.05, 4.69) is 24.5 Å². The maximum absolute atomic E-state index is 12.1. The van der Waals surface area contributed by atoms with Crippen molar-refractivity contribution in [3.8, 4) is 5.75 Å². The normalized spacial score (nSPS) is 21.9. The standard InChI is InChI=1S/C15H20N2O3/c1-8(2)10-7-11(9(3)6-12(10)20-5)15(4)13(18)16-14(19)17-15/h6-8H,1-5H3,(H2,16,17,18,19). The summed E-state index contributed by atoms with van der Waals surface area (Å²) in [7, 11) is 1.63. The quantitative estimate of drug-likeness (QED) is 0.831. The molecule has 1 aromatic carbocycles. The number of carbonyl (C=O) groups is 2. The summed E-state index contributed by atoms with van der Waals surface area (Å²) in [5.74, 6) is 0.730. The van der Waals surface area contributed by atoms with Crippen LogP contribution >= 0.6 is 0 Å². The van der Waals surface area contributed by atoms with E-state index in [1.165, 1.54) is 0 Å². The molecule has 20 heavy (non-hydrogen) atoms. The largest absolute Gasteiger partial charge is 0.496 e. The number of imide groups is 1. The van der Waals surface area contributed by atoms with Crippen LogP contribution in [0, 0.1) is 6.92 Å². The first-order valence-electron chi connectivity index (χ1n) is 6.62. The van der Waals surface area contributed by atoms with Crippen LogP contribution in [-0.2, 0) is 10.3 Å². The molecule has 0 saturated carbocycles. The van der Waals surface area contributed by atoms with E-state index in [9.17, 15) is 9.59 Å². The molecule has 1 unspecified atom stereocenters. The van der Waals surface area contributed by atoms with Gasteiger partial charge in [-0.1, -0.05) is 13.8 Å². The molecule has 2 rings (SSSR count). The molecule has 0 radical (unpaired) electrons. The lowest BCUT2D eigenvalue weighted by atomic mass is 9.85. The molecule has 0 spiro atoms. The van der Waals surface area contributed by atoms with Gasteiger partial charge in [-0.05, 0) is 48.6 Å². The summed E-state index contributed by atoms with van der Waals surface area (Å²) in [5.41, 5.74) is 1.69. The molecule has 2 N–H and O–H groups in total. The molecule has 1 aromatic rings. The average molecular weight is 276 g/mol. The van der Waals surface area contributed by atoms with Gasteiger partial charge in [0.05, 0.1) is 7.11 Å². The molecule has 5 heteroatoms. The summed E-state index contributed by atoms with van der Waals surface area (Å²) >= 11 is 0. The first-order valence-corrected chi connectivity index (χ1v) is 6.62. The van der Waals surface area contributed by atoms with Gasteiger partial charge in [0, 0.05) is 0 Å². The maximum atomic E-state index is 12.1. The maximum Gasteiger partial charge on any atom is 0.322 e. The van der Waals surface area contributed by atoms with E-state index < -0.39 is 11.6 Å². The van der Waals surface area contributed by atoms with Crippen LogP contribution in [0.5, 0.6) is 5.75 Å². The molecule has 108 valence electrons. The van der Waals surface area contributed by atoms with Gasteiger partial charge < -0.3 is 10.1 Å². The van der Waals surface area contributed by atoms with Crippen molar-refractivity contribution >= 4 is 11.9 Å². The molecule has 5 nitrogen and oxygen atoms in total.